The molecule has 1 aromatic carbocycles. The zero-order valence-corrected chi connectivity index (χ0v) is 14.8. The van der Waals surface area contributed by atoms with Crippen LogP contribution in [0.3, 0.4) is 0 Å². The summed E-state index contributed by atoms with van der Waals surface area (Å²) in [6.07, 6.45) is 7.40. The monoisotopic (exact) mass is 320 g/mol. The third-order valence-corrected chi connectivity index (χ3v) is 4.43. The fourth-order valence-corrected chi connectivity index (χ4v) is 2.93. The van der Waals surface area contributed by atoms with Gasteiger partial charge in [-0.3, -0.25) is 4.79 Å². The number of benzene rings is 1. The molecule has 0 radical (unpaired) electrons. The Morgan fingerprint density at radius 1 is 1.33 bits per heavy atom. The zero-order chi connectivity index (χ0) is 17.7. The number of carbonyl (C=O) groups excluding carboxylic acids is 1. The molecule has 2 rings (SSSR count). The lowest BCUT2D eigenvalue weighted by Gasteiger charge is -2.07. The lowest BCUT2D eigenvalue weighted by Crippen LogP contribution is -2.18. The quantitative estimate of drug-likeness (QED) is 0.476. The van der Waals surface area contributed by atoms with E-state index in [0.29, 0.717) is 6.42 Å². The Labute approximate surface area is 145 Å². The Kier molecular flexibility index (Phi) is 5.53. The average molecular weight is 320 g/mol. The van der Waals surface area contributed by atoms with Gasteiger partial charge in [0.2, 0.25) is 6.10 Å². The van der Waals surface area contributed by atoms with Crippen LogP contribution >= 0.6 is 0 Å². The summed E-state index contributed by atoms with van der Waals surface area (Å²) in [4.78, 5) is 12.4. The molecule has 0 aliphatic heterocycles. The van der Waals surface area contributed by atoms with Crippen molar-refractivity contribution in [2.45, 2.75) is 40.2 Å². The zero-order valence-electron chi connectivity index (χ0n) is 14.8. The van der Waals surface area contributed by atoms with Crippen LogP contribution in [0, 0.1) is 41.4 Å². The molecular formula is C22H24O2. The number of ether oxygens (including phenoxy) is 1. The molecule has 1 saturated carbocycles. The highest BCUT2D eigenvalue weighted by Crippen LogP contribution is 2.59. The Hall–Kier alpha value is -2.45. The van der Waals surface area contributed by atoms with E-state index in [1.54, 1.807) is 0 Å². The lowest BCUT2D eigenvalue weighted by molar-refractivity contribution is -0.147. The average Bonchev–Trinajstić information content (AvgIpc) is 3.07. The van der Waals surface area contributed by atoms with Crippen molar-refractivity contribution in [2.75, 3.05) is 0 Å². The molecule has 124 valence electrons. The van der Waals surface area contributed by atoms with Crippen LogP contribution in [0.2, 0.25) is 0 Å². The molecule has 2 heteroatoms. The summed E-state index contributed by atoms with van der Waals surface area (Å²) in [5.74, 6) is 8.15. The van der Waals surface area contributed by atoms with Crippen LogP contribution in [0.4, 0.5) is 0 Å². The van der Waals surface area contributed by atoms with E-state index in [1.807, 2.05) is 44.2 Å². The van der Waals surface area contributed by atoms with E-state index in [0.717, 1.165) is 5.56 Å². The maximum Gasteiger partial charge on any atom is 0.312 e. The van der Waals surface area contributed by atoms with E-state index in [2.05, 4.69) is 37.7 Å². The Morgan fingerprint density at radius 2 is 2.00 bits per heavy atom. The number of rotatable bonds is 4. The highest BCUT2D eigenvalue weighted by molar-refractivity contribution is 5.79. The third kappa shape index (κ3) is 4.30. The first-order valence-corrected chi connectivity index (χ1v) is 8.20. The van der Waals surface area contributed by atoms with Gasteiger partial charge in [0.15, 0.2) is 0 Å². The van der Waals surface area contributed by atoms with Crippen molar-refractivity contribution in [3.8, 4) is 24.2 Å². The SMILES string of the molecule is C#CC(C#CCc1ccccc1)OC(=O)C1C(C=C(C)C)C1(C)C. The summed E-state index contributed by atoms with van der Waals surface area (Å²) < 4.78 is 5.43. The second-order valence-electron chi connectivity index (χ2n) is 7.04. The van der Waals surface area contributed by atoms with Gasteiger partial charge >= 0.3 is 5.97 Å². The van der Waals surface area contributed by atoms with Crippen LogP contribution < -0.4 is 0 Å². The molecule has 0 saturated heterocycles. The van der Waals surface area contributed by atoms with Crippen molar-refractivity contribution < 1.29 is 9.53 Å². The summed E-state index contributed by atoms with van der Waals surface area (Å²) in [6, 6.07) is 9.90. The van der Waals surface area contributed by atoms with Crippen molar-refractivity contribution >= 4 is 5.97 Å². The smallest absolute Gasteiger partial charge is 0.312 e. The number of carbonyl (C=O) groups is 1. The minimum Gasteiger partial charge on any atom is -0.437 e. The minimum absolute atomic E-state index is 0.0784. The molecular weight excluding hydrogens is 296 g/mol. The highest BCUT2D eigenvalue weighted by atomic mass is 16.5. The number of terminal acetylenes is 1. The number of allylic oxidation sites excluding steroid dienone is 2. The van der Waals surface area contributed by atoms with Crippen molar-refractivity contribution in [1.82, 2.24) is 0 Å². The van der Waals surface area contributed by atoms with Gasteiger partial charge in [-0.15, -0.1) is 6.42 Å². The van der Waals surface area contributed by atoms with Gasteiger partial charge in [-0.25, -0.2) is 0 Å². The molecule has 1 fully saturated rings. The van der Waals surface area contributed by atoms with Crippen molar-refractivity contribution in [3.63, 3.8) is 0 Å². The van der Waals surface area contributed by atoms with Crippen LogP contribution in [0.1, 0.15) is 33.3 Å². The predicted molar refractivity (Wildman–Crippen MR) is 96.8 cm³/mol. The molecule has 1 aliphatic carbocycles. The van der Waals surface area contributed by atoms with Gasteiger partial charge < -0.3 is 4.74 Å². The third-order valence-electron chi connectivity index (χ3n) is 4.43. The van der Waals surface area contributed by atoms with Gasteiger partial charge in [0.05, 0.1) is 5.92 Å². The summed E-state index contributed by atoms with van der Waals surface area (Å²) >= 11 is 0. The lowest BCUT2D eigenvalue weighted by atomic mass is 10.1. The number of esters is 1. The van der Waals surface area contributed by atoms with Gasteiger partial charge in [-0.05, 0) is 42.6 Å². The van der Waals surface area contributed by atoms with E-state index in [9.17, 15) is 4.79 Å². The van der Waals surface area contributed by atoms with E-state index in [1.165, 1.54) is 5.57 Å². The van der Waals surface area contributed by atoms with Crippen LogP contribution in [0.15, 0.2) is 42.0 Å². The molecule has 3 atom stereocenters. The largest absolute Gasteiger partial charge is 0.437 e. The molecule has 3 unspecified atom stereocenters. The maximum absolute atomic E-state index is 12.4. The Bertz CT molecular complexity index is 719. The standard InChI is InChI=1S/C22H24O2/c1-6-18(14-10-13-17-11-8-7-9-12-17)24-21(23)20-19(15-16(2)3)22(20,4)5/h1,7-9,11-12,15,18-20H,13H2,2-5H3. The Balaban J connectivity index is 1.95. The second-order valence-corrected chi connectivity index (χ2v) is 7.04. The highest BCUT2D eigenvalue weighted by Gasteiger charge is 2.61. The minimum atomic E-state index is -0.787. The molecule has 0 bridgehead atoms. The predicted octanol–water partition coefficient (Wildman–Crippen LogP) is 4.02. The van der Waals surface area contributed by atoms with Crippen LogP contribution in [-0.2, 0) is 16.0 Å². The van der Waals surface area contributed by atoms with Crippen LogP contribution in [-0.4, -0.2) is 12.1 Å². The molecule has 0 amide bonds. The summed E-state index contributed by atoms with van der Waals surface area (Å²) in [5.41, 5.74) is 2.24. The van der Waals surface area contributed by atoms with Crippen LogP contribution in [0.5, 0.6) is 0 Å². The van der Waals surface area contributed by atoms with E-state index >= 15 is 0 Å². The van der Waals surface area contributed by atoms with Crippen molar-refractivity contribution in [3.05, 3.63) is 47.5 Å². The first-order chi connectivity index (χ1) is 11.4. The first-order valence-electron chi connectivity index (χ1n) is 8.20. The van der Waals surface area contributed by atoms with E-state index in [4.69, 9.17) is 11.2 Å². The normalized spacial score (nSPS) is 21.5. The molecule has 1 aliphatic rings. The van der Waals surface area contributed by atoms with Gasteiger partial charge in [0.25, 0.3) is 0 Å². The van der Waals surface area contributed by atoms with E-state index in [-0.39, 0.29) is 23.2 Å². The van der Waals surface area contributed by atoms with Gasteiger partial charge in [0.1, 0.15) is 0 Å². The Morgan fingerprint density at radius 3 is 2.58 bits per heavy atom. The number of hydrogen-bond acceptors (Lipinski definition) is 2. The molecule has 24 heavy (non-hydrogen) atoms. The number of hydrogen-bond donors (Lipinski definition) is 0. The molecule has 1 aromatic rings. The summed E-state index contributed by atoms with van der Waals surface area (Å²) in [6.45, 7) is 8.23. The topological polar surface area (TPSA) is 26.3 Å². The summed E-state index contributed by atoms with van der Waals surface area (Å²) in [7, 11) is 0. The van der Waals surface area contributed by atoms with Crippen molar-refractivity contribution in [1.29, 1.82) is 0 Å². The molecule has 0 spiro atoms. The molecule has 0 heterocycles. The van der Waals surface area contributed by atoms with Crippen molar-refractivity contribution in [2.24, 2.45) is 17.3 Å². The van der Waals surface area contributed by atoms with Gasteiger partial charge in [0, 0.05) is 6.42 Å². The fourth-order valence-electron chi connectivity index (χ4n) is 2.93. The van der Waals surface area contributed by atoms with E-state index < -0.39 is 6.10 Å². The van der Waals surface area contributed by atoms with Crippen LogP contribution in [0.25, 0.3) is 0 Å². The first kappa shape index (κ1) is 17.9. The fraction of sp³-hybridized carbons (Fsp3) is 0.409. The maximum atomic E-state index is 12.4. The molecule has 0 aromatic heterocycles. The van der Waals surface area contributed by atoms with Gasteiger partial charge in [-0.1, -0.05) is 61.7 Å². The molecule has 2 nitrogen and oxygen atoms in total. The summed E-state index contributed by atoms with van der Waals surface area (Å²) in [5, 5.41) is 0. The van der Waals surface area contributed by atoms with Gasteiger partial charge in [-0.2, -0.15) is 0 Å². The second kappa shape index (κ2) is 7.41. The molecule has 0 N–H and O–H groups in total.